The lowest BCUT2D eigenvalue weighted by Crippen LogP contribution is -2.20. The van der Waals surface area contributed by atoms with Gasteiger partial charge in [0.2, 0.25) is 0 Å². The van der Waals surface area contributed by atoms with Crippen molar-refractivity contribution in [2.24, 2.45) is 0 Å². The highest BCUT2D eigenvalue weighted by atomic mass is 79.9. The molecule has 2 aromatic rings. The quantitative estimate of drug-likeness (QED) is 0.779. The summed E-state index contributed by atoms with van der Waals surface area (Å²) in [6, 6.07) is 11.2. The molecule has 1 N–H and O–H groups in total. The van der Waals surface area contributed by atoms with Gasteiger partial charge in [-0.2, -0.15) is 0 Å². The van der Waals surface area contributed by atoms with E-state index in [0.717, 1.165) is 25.8 Å². The molecule has 0 fully saturated rings. The number of amides is 1. The third-order valence-corrected chi connectivity index (χ3v) is 4.63. The Hall–Kier alpha value is -1.33. The van der Waals surface area contributed by atoms with Gasteiger partial charge in [0.25, 0.3) is 5.91 Å². The molecule has 0 saturated heterocycles. The molecule has 5 heteroatoms. The van der Waals surface area contributed by atoms with Gasteiger partial charge in [-0.1, -0.05) is 37.9 Å². The summed E-state index contributed by atoms with van der Waals surface area (Å²) in [5.41, 5.74) is 2.90. The van der Waals surface area contributed by atoms with Crippen molar-refractivity contribution in [3.8, 4) is 5.75 Å². The van der Waals surface area contributed by atoms with Crippen LogP contribution >= 0.6 is 31.9 Å². The lowest BCUT2D eigenvalue weighted by molar-refractivity contribution is -0.118. The number of nitrogens with one attached hydrogen (secondary N) is 1. The van der Waals surface area contributed by atoms with Crippen LogP contribution in [0.5, 0.6) is 5.75 Å². The molecular weight excluding hydrogens is 398 g/mol. The topological polar surface area (TPSA) is 38.3 Å². The van der Waals surface area contributed by atoms with E-state index < -0.39 is 0 Å². The first-order chi connectivity index (χ1) is 9.95. The largest absolute Gasteiger partial charge is 0.484 e. The highest BCUT2D eigenvalue weighted by Gasteiger charge is 2.07. The summed E-state index contributed by atoms with van der Waals surface area (Å²) in [6.07, 6.45) is 0. The van der Waals surface area contributed by atoms with Gasteiger partial charge < -0.3 is 10.1 Å². The molecule has 0 atom stereocenters. The van der Waals surface area contributed by atoms with Gasteiger partial charge in [-0.25, -0.2) is 0 Å². The lowest BCUT2D eigenvalue weighted by Gasteiger charge is -2.10. The second kappa shape index (κ2) is 7.09. The Balaban J connectivity index is 1.95. The maximum atomic E-state index is 11.9. The molecule has 0 aliphatic heterocycles. The molecule has 0 unspecified atom stereocenters. The zero-order chi connectivity index (χ0) is 15.4. The minimum absolute atomic E-state index is 0.0208. The molecule has 1 amide bonds. The Kier molecular flexibility index (Phi) is 5.42. The molecule has 0 aromatic heterocycles. The summed E-state index contributed by atoms with van der Waals surface area (Å²) in [5, 5.41) is 2.79. The van der Waals surface area contributed by atoms with Gasteiger partial charge in [-0.05, 0) is 55.3 Å². The summed E-state index contributed by atoms with van der Waals surface area (Å²) < 4.78 is 7.52. The Morgan fingerprint density at radius 1 is 1.14 bits per heavy atom. The lowest BCUT2D eigenvalue weighted by atomic mass is 10.1. The summed E-state index contributed by atoms with van der Waals surface area (Å²) in [6.45, 7) is 3.96. The monoisotopic (exact) mass is 411 g/mol. The second-order valence-corrected chi connectivity index (χ2v) is 6.43. The van der Waals surface area contributed by atoms with Gasteiger partial charge in [0.05, 0.1) is 0 Å². The van der Waals surface area contributed by atoms with Crippen molar-refractivity contribution in [1.29, 1.82) is 0 Å². The number of hydrogen-bond donors (Lipinski definition) is 1. The van der Waals surface area contributed by atoms with Gasteiger partial charge in [-0.15, -0.1) is 0 Å². The second-order valence-electron chi connectivity index (χ2n) is 4.72. The van der Waals surface area contributed by atoms with Gasteiger partial charge in [-0.3, -0.25) is 4.79 Å². The standard InChI is InChI=1S/C16H15Br2NO2/c1-10-6-14(7-11(2)16(10)18)21-9-15(20)19-13-5-3-4-12(17)8-13/h3-8H,9H2,1-2H3,(H,19,20). The van der Waals surface area contributed by atoms with Crippen LogP contribution < -0.4 is 10.1 Å². The first kappa shape index (κ1) is 16.0. The van der Waals surface area contributed by atoms with Crippen molar-refractivity contribution in [2.45, 2.75) is 13.8 Å². The van der Waals surface area contributed by atoms with Crippen LogP contribution in [0.15, 0.2) is 45.3 Å². The molecule has 0 bridgehead atoms. The Labute approximate surface area is 141 Å². The molecule has 2 aromatic carbocycles. The molecule has 0 saturated carbocycles. The average molecular weight is 413 g/mol. The first-order valence-electron chi connectivity index (χ1n) is 6.40. The number of carbonyl (C=O) groups excluding carboxylic acids is 1. The molecule has 0 radical (unpaired) electrons. The molecule has 0 aliphatic rings. The van der Waals surface area contributed by atoms with Crippen molar-refractivity contribution in [3.63, 3.8) is 0 Å². The Morgan fingerprint density at radius 2 is 1.81 bits per heavy atom. The first-order valence-corrected chi connectivity index (χ1v) is 7.99. The zero-order valence-electron chi connectivity index (χ0n) is 11.7. The predicted octanol–water partition coefficient (Wildman–Crippen LogP) is 4.85. The fraction of sp³-hybridized carbons (Fsp3) is 0.188. The van der Waals surface area contributed by atoms with Gasteiger partial charge >= 0.3 is 0 Å². The smallest absolute Gasteiger partial charge is 0.262 e. The van der Waals surface area contributed by atoms with Crippen LogP contribution in [0.3, 0.4) is 0 Å². The minimum Gasteiger partial charge on any atom is -0.484 e. The SMILES string of the molecule is Cc1cc(OCC(=O)Nc2cccc(Br)c2)cc(C)c1Br. The maximum absolute atomic E-state index is 11.9. The number of aryl methyl sites for hydroxylation is 2. The van der Waals surface area contributed by atoms with E-state index in [1.54, 1.807) is 0 Å². The number of rotatable bonds is 4. The molecule has 3 nitrogen and oxygen atoms in total. The summed E-state index contributed by atoms with van der Waals surface area (Å²) >= 11 is 6.87. The average Bonchev–Trinajstić information content (AvgIpc) is 2.42. The van der Waals surface area contributed by atoms with E-state index in [1.165, 1.54) is 0 Å². The van der Waals surface area contributed by atoms with Crippen molar-refractivity contribution in [1.82, 2.24) is 0 Å². The van der Waals surface area contributed by atoms with Crippen LogP contribution in [-0.4, -0.2) is 12.5 Å². The third-order valence-electron chi connectivity index (χ3n) is 2.89. The van der Waals surface area contributed by atoms with Crippen molar-refractivity contribution in [3.05, 3.63) is 56.5 Å². The number of carbonyl (C=O) groups is 1. The molecule has 0 heterocycles. The number of benzene rings is 2. The highest BCUT2D eigenvalue weighted by molar-refractivity contribution is 9.10. The van der Waals surface area contributed by atoms with Crippen molar-refractivity contribution in [2.75, 3.05) is 11.9 Å². The minimum atomic E-state index is -0.189. The van der Waals surface area contributed by atoms with Gasteiger partial charge in [0.1, 0.15) is 5.75 Å². The van der Waals surface area contributed by atoms with E-state index in [4.69, 9.17) is 4.74 Å². The van der Waals surface area contributed by atoms with Crippen LogP contribution in [0.1, 0.15) is 11.1 Å². The number of hydrogen-bond acceptors (Lipinski definition) is 2. The van der Waals surface area contributed by atoms with E-state index in [1.807, 2.05) is 50.2 Å². The Bertz CT molecular complexity index is 648. The van der Waals surface area contributed by atoms with Crippen LogP contribution in [0, 0.1) is 13.8 Å². The molecule has 21 heavy (non-hydrogen) atoms. The summed E-state index contributed by atoms with van der Waals surface area (Å²) in [5.74, 6) is 0.504. The van der Waals surface area contributed by atoms with Crippen LogP contribution in [0.25, 0.3) is 0 Å². The van der Waals surface area contributed by atoms with E-state index in [0.29, 0.717) is 5.75 Å². The third kappa shape index (κ3) is 4.58. The van der Waals surface area contributed by atoms with Crippen molar-refractivity contribution >= 4 is 43.5 Å². The fourth-order valence-corrected chi connectivity index (χ4v) is 2.53. The van der Waals surface area contributed by atoms with Crippen LogP contribution in [-0.2, 0) is 4.79 Å². The number of ether oxygens (including phenoxy) is 1. The zero-order valence-corrected chi connectivity index (χ0v) is 14.9. The fourth-order valence-electron chi connectivity index (χ4n) is 1.90. The van der Waals surface area contributed by atoms with Crippen molar-refractivity contribution < 1.29 is 9.53 Å². The molecule has 110 valence electrons. The van der Waals surface area contributed by atoms with E-state index >= 15 is 0 Å². The van der Waals surface area contributed by atoms with Gasteiger partial charge in [0.15, 0.2) is 6.61 Å². The highest BCUT2D eigenvalue weighted by Crippen LogP contribution is 2.26. The molecule has 0 spiro atoms. The molecule has 2 rings (SSSR count). The number of anilines is 1. The Morgan fingerprint density at radius 3 is 2.43 bits per heavy atom. The van der Waals surface area contributed by atoms with Crippen LogP contribution in [0.4, 0.5) is 5.69 Å². The van der Waals surface area contributed by atoms with Crippen LogP contribution in [0.2, 0.25) is 0 Å². The predicted molar refractivity (Wildman–Crippen MR) is 91.9 cm³/mol. The summed E-state index contributed by atoms with van der Waals surface area (Å²) in [7, 11) is 0. The molecular formula is C16H15Br2NO2. The van der Waals surface area contributed by atoms with E-state index in [9.17, 15) is 4.79 Å². The number of halogens is 2. The van der Waals surface area contributed by atoms with E-state index in [2.05, 4.69) is 37.2 Å². The molecule has 0 aliphatic carbocycles. The maximum Gasteiger partial charge on any atom is 0.262 e. The van der Waals surface area contributed by atoms with Gasteiger partial charge in [0, 0.05) is 14.6 Å². The van der Waals surface area contributed by atoms with E-state index in [-0.39, 0.29) is 12.5 Å². The normalized spacial score (nSPS) is 10.3. The summed E-state index contributed by atoms with van der Waals surface area (Å²) in [4.78, 5) is 11.9.